The maximum Gasteiger partial charge on any atom is 0.155 e. The lowest BCUT2D eigenvalue weighted by atomic mass is 10.4. The molecule has 2 aromatic heterocycles. The molecule has 6 heteroatoms. The fourth-order valence-electron chi connectivity index (χ4n) is 1.21. The lowest BCUT2D eigenvalue weighted by molar-refractivity contribution is 0.112. The van der Waals surface area contributed by atoms with Crippen LogP contribution in [-0.2, 0) is 0 Å². The summed E-state index contributed by atoms with van der Waals surface area (Å²) in [6.45, 7) is 1.73. The summed E-state index contributed by atoms with van der Waals surface area (Å²) in [6.07, 6.45) is 2.34. The summed E-state index contributed by atoms with van der Waals surface area (Å²) in [5.41, 5.74) is 0.299. The second-order valence-electron chi connectivity index (χ2n) is 3.17. The van der Waals surface area contributed by atoms with Crippen molar-refractivity contribution in [3.8, 4) is 0 Å². The Morgan fingerprint density at radius 1 is 1.35 bits per heavy atom. The molecule has 0 N–H and O–H groups in total. The second-order valence-corrected chi connectivity index (χ2v) is 4.54. The summed E-state index contributed by atoms with van der Waals surface area (Å²) in [4.78, 5) is 23.2. The molecule has 0 aromatic carbocycles. The van der Waals surface area contributed by atoms with Crippen LogP contribution >= 0.6 is 23.4 Å². The Kier molecular flexibility index (Phi) is 3.71. The van der Waals surface area contributed by atoms with Gasteiger partial charge in [0, 0.05) is 6.20 Å². The third-order valence-electron chi connectivity index (χ3n) is 1.93. The Morgan fingerprint density at radius 3 is 2.82 bits per heavy atom. The number of carbonyl (C=O) groups is 1. The zero-order valence-corrected chi connectivity index (χ0v) is 10.5. The second kappa shape index (κ2) is 5.25. The molecule has 4 nitrogen and oxygen atoms in total. The van der Waals surface area contributed by atoms with Crippen molar-refractivity contribution in [2.24, 2.45) is 0 Å². The quantitative estimate of drug-likeness (QED) is 0.631. The van der Waals surface area contributed by atoms with Crippen LogP contribution in [-0.4, -0.2) is 21.2 Å². The highest BCUT2D eigenvalue weighted by Crippen LogP contribution is 2.29. The topological polar surface area (TPSA) is 55.7 Å². The van der Waals surface area contributed by atoms with Crippen molar-refractivity contribution in [2.45, 2.75) is 17.0 Å². The molecule has 17 heavy (non-hydrogen) atoms. The highest BCUT2D eigenvalue weighted by atomic mass is 35.5. The van der Waals surface area contributed by atoms with Crippen molar-refractivity contribution in [3.05, 3.63) is 40.9 Å². The molecule has 0 radical (unpaired) electrons. The predicted octanol–water partition coefficient (Wildman–Crippen LogP) is 2.80. The average Bonchev–Trinajstić information content (AvgIpc) is 2.30. The minimum absolute atomic E-state index is 0.172. The van der Waals surface area contributed by atoms with E-state index in [4.69, 9.17) is 11.6 Å². The maximum atomic E-state index is 11.0. The van der Waals surface area contributed by atoms with Crippen molar-refractivity contribution >= 4 is 29.6 Å². The van der Waals surface area contributed by atoms with Gasteiger partial charge in [0.1, 0.15) is 21.0 Å². The van der Waals surface area contributed by atoms with Gasteiger partial charge in [0.25, 0.3) is 0 Å². The molecule has 2 aromatic rings. The van der Waals surface area contributed by atoms with E-state index in [1.807, 2.05) is 18.2 Å². The van der Waals surface area contributed by atoms with Gasteiger partial charge in [0.15, 0.2) is 6.29 Å². The molecule has 0 fully saturated rings. The van der Waals surface area contributed by atoms with Crippen LogP contribution in [0.1, 0.15) is 16.2 Å². The van der Waals surface area contributed by atoms with Crippen LogP contribution in [0.2, 0.25) is 5.15 Å². The number of pyridine rings is 1. The van der Waals surface area contributed by atoms with Crippen LogP contribution in [0.4, 0.5) is 0 Å². The molecule has 2 rings (SSSR count). The predicted molar refractivity (Wildman–Crippen MR) is 65.5 cm³/mol. The number of rotatable bonds is 3. The molecule has 86 valence electrons. The van der Waals surface area contributed by atoms with Gasteiger partial charge in [-0.1, -0.05) is 17.7 Å². The van der Waals surface area contributed by atoms with Gasteiger partial charge >= 0.3 is 0 Å². The van der Waals surface area contributed by atoms with Gasteiger partial charge in [-0.3, -0.25) is 4.79 Å². The number of hydrogen-bond donors (Lipinski definition) is 0. The van der Waals surface area contributed by atoms with Crippen molar-refractivity contribution in [3.63, 3.8) is 0 Å². The largest absolute Gasteiger partial charge is 0.298 e. The first kappa shape index (κ1) is 12.0. The van der Waals surface area contributed by atoms with E-state index >= 15 is 0 Å². The van der Waals surface area contributed by atoms with Crippen molar-refractivity contribution < 1.29 is 4.79 Å². The van der Waals surface area contributed by atoms with Gasteiger partial charge in [-0.15, -0.1) is 0 Å². The van der Waals surface area contributed by atoms with Crippen molar-refractivity contribution in [1.82, 2.24) is 15.0 Å². The molecule has 0 unspecified atom stereocenters. The van der Waals surface area contributed by atoms with Crippen LogP contribution in [0.3, 0.4) is 0 Å². The molecule has 0 atom stereocenters. The standard InChI is InChI=1S/C11H8ClN3OS/c1-7-14-10(12)8(6-16)11(15-7)17-9-4-2-3-5-13-9/h2-6H,1H3. The summed E-state index contributed by atoms with van der Waals surface area (Å²) in [5, 5.41) is 1.45. The van der Waals surface area contributed by atoms with Gasteiger partial charge in [-0.2, -0.15) is 0 Å². The van der Waals surface area contributed by atoms with Gasteiger partial charge in [0.05, 0.1) is 5.56 Å². The molecule has 0 saturated carbocycles. The zero-order chi connectivity index (χ0) is 12.3. The van der Waals surface area contributed by atoms with E-state index < -0.39 is 0 Å². The number of halogens is 1. The maximum absolute atomic E-state index is 11.0. The van der Waals surface area contributed by atoms with Gasteiger partial charge in [0.2, 0.25) is 0 Å². The fraction of sp³-hybridized carbons (Fsp3) is 0.0909. The van der Waals surface area contributed by atoms with E-state index in [0.717, 1.165) is 5.03 Å². The van der Waals surface area contributed by atoms with E-state index in [-0.39, 0.29) is 5.15 Å². The first-order chi connectivity index (χ1) is 8.20. The van der Waals surface area contributed by atoms with E-state index in [1.54, 1.807) is 13.1 Å². The van der Waals surface area contributed by atoms with Gasteiger partial charge < -0.3 is 0 Å². The number of aryl methyl sites for hydroxylation is 1. The Labute approximate surface area is 107 Å². The molecular weight excluding hydrogens is 258 g/mol. The molecular formula is C11H8ClN3OS. The van der Waals surface area contributed by atoms with Crippen LogP contribution in [0.15, 0.2) is 34.4 Å². The molecule has 0 aliphatic heterocycles. The lowest BCUT2D eigenvalue weighted by Crippen LogP contribution is -1.98. The van der Waals surface area contributed by atoms with Crippen LogP contribution in [0, 0.1) is 6.92 Å². The fourth-order valence-corrected chi connectivity index (χ4v) is 2.41. The third kappa shape index (κ3) is 2.81. The van der Waals surface area contributed by atoms with Crippen LogP contribution in [0.25, 0.3) is 0 Å². The van der Waals surface area contributed by atoms with Gasteiger partial charge in [-0.25, -0.2) is 15.0 Å². The summed E-state index contributed by atoms with van der Waals surface area (Å²) >= 11 is 7.17. The first-order valence-electron chi connectivity index (χ1n) is 4.79. The molecule has 0 aliphatic rings. The Hall–Kier alpha value is -1.46. The molecule has 0 bridgehead atoms. The Balaban J connectivity index is 2.41. The number of aromatic nitrogens is 3. The van der Waals surface area contributed by atoms with E-state index in [0.29, 0.717) is 22.7 Å². The smallest absolute Gasteiger partial charge is 0.155 e. The molecule has 0 spiro atoms. The number of hydrogen-bond acceptors (Lipinski definition) is 5. The highest BCUT2D eigenvalue weighted by molar-refractivity contribution is 7.99. The number of carbonyl (C=O) groups excluding carboxylic acids is 1. The first-order valence-corrected chi connectivity index (χ1v) is 5.98. The van der Waals surface area contributed by atoms with E-state index in [1.165, 1.54) is 11.8 Å². The van der Waals surface area contributed by atoms with Crippen molar-refractivity contribution in [2.75, 3.05) is 0 Å². The SMILES string of the molecule is Cc1nc(Cl)c(C=O)c(Sc2ccccn2)n1. The normalized spacial score (nSPS) is 10.2. The number of nitrogens with zero attached hydrogens (tertiary/aromatic N) is 3. The van der Waals surface area contributed by atoms with E-state index in [9.17, 15) is 4.79 Å². The van der Waals surface area contributed by atoms with Gasteiger partial charge in [-0.05, 0) is 30.8 Å². The minimum Gasteiger partial charge on any atom is -0.298 e. The summed E-state index contributed by atoms with van der Waals surface area (Å²) < 4.78 is 0. The molecule has 2 heterocycles. The third-order valence-corrected chi connectivity index (χ3v) is 3.18. The average molecular weight is 266 g/mol. The Bertz CT molecular complexity index is 548. The zero-order valence-electron chi connectivity index (χ0n) is 8.92. The van der Waals surface area contributed by atoms with Crippen molar-refractivity contribution in [1.29, 1.82) is 0 Å². The Morgan fingerprint density at radius 2 is 2.18 bits per heavy atom. The molecule has 0 aliphatic carbocycles. The highest BCUT2D eigenvalue weighted by Gasteiger charge is 2.12. The summed E-state index contributed by atoms with van der Waals surface area (Å²) in [6, 6.07) is 5.53. The summed E-state index contributed by atoms with van der Waals surface area (Å²) in [5.74, 6) is 0.527. The minimum atomic E-state index is 0.172. The monoisotopic (exact) mass is 265 g/mol. The molecule has 0 amide bonds. The van der Waals surface area contributed by atoms with E-state index in [2.05, 4.69) is 15.0 Å². The molecule has 0 saturated heterocycles. The van der Waals surface area contributed by atoms with Crippen LogP contribution < -0.4 is 0 Å². The van der Waals surface area contributed by atoms with Crippen LogP contribution in [0.5, 0.6) is 0 Å². The number of aldehydes is 1. The summed E-state index contributed by atoms with van der Waals surface area (Å²) in [7, 11) is 0. The lowest BCUT2D eigenvalue weighted by Gasteiger charge is -2.05.